The van der Waals surface area contributed by atoms with Gasteiger partial charge in [0.25, 0.3) is 0 Å². The molecular formula is C10H8ClFO3. The normalized spacial score (nSPS) is 9.80. The van der Waals surface area contributed by atoms with E-state index in [0.29, 0.717) is 0 Å². The van der Waals surface area contributed by atoms with E-state index in [-0.39, 0.29) is 10.6 Å². The van der Waals surface area contributed by atoms with Gasteiger partial charge in [-0.2, -0.15) is 0 Å². The van der Waals surface area contributed by atoms with Gasteiger partial charge in [-0.05, 0) is 18.2 Å². The van der Waals surface area contributed by atoms with Crippen molar-refractivity contribution in [1.29, 1.82) is 0 Å². The van der Waals surface area contributed by atoms with Gasteiger partial charge in [0.2, 0.25) is 0 Å². The first-order chi connectivity index (χ1) is 7.04. The standard InChI is InChI=1S/C10H8ClFO3/c1-15-10(14)5-9(13)7-3-2-6(12)4-8(7)11/h2-4H,5H2,1H3. The van der Waals surface area contributed by atoms with Gasteiger partial charge in [0.15, 0.2) is 5.78 Å². The number of ether oxygens (including phenoxy) is 1. The lowest BCUT2D eigenvalue weighted by atomic mass is 10.1. The van der Waals surface area contributed by atoms with Crippen molar-refractivity contribution in [3.8, 4) is 0 Å². The van der Waals surface area contributed by atoms with Crippen LogP contribution in [0.2, 0.25) is 5.02 Å². The number of rotatable bonds is 3. The van der Waals surface area contributed by atoms with Crippen molar-refractivity contribution in [2.75, 3.05) is 7.11 Å². The van der Waals surface area contributed by atoms with Crippen LogP contribution in [0, 0.1) is 5.82 Å². The van der Waals surface area contributed by atoms with Gasteiger partial charge in [-0.15, -0.1) is 0 Å². The van der Waals surface area contributed by atoms with E-state index in [1.54, 1.807) is 0 Å². The maximum absolute atomic E-state index is 12.7. The Labute approximate surface area is 90.8 Å². The predicted molar refractivity (Wildman–Crippen MR) is 52.4 cm³/mol. The number of hydrogen-bond donors (Lipinski definition) is 0. The van der Waals surface area contributed by atoms with Crippen LogP contribution in [-0.4, -0.2) is 18.9 Å². The molecule has 1 aromatic carbocycles. The third-order valence-corrected chi connectivity index (χ3v) is 2.08. The second kappa shape index (κ2) is 4.89. The molecule has 0 unspecified atom stereocenters. The molecule has 0 aromatic heterocycles. The van der Waals surface area contributed by atoms with Crippen molar-refractivity contribution >= 4 is 23.4 Å². The molecule has 0 saturated carbocycles. The molecule has 0 atom stereocenters. The summed E-state index contributed by atoms with van der Waals surface area (Å²) in [5, 5.41) is -0.0103. The van der Waals surface area contributed by atoms with Gasteiger partial charge in [0, 0.05) is 5.56 Å². The Morgan fingerprint density at radius 1 is 1.47 bits per heavy atom. The SMILES string of the molecule is COC(=O)CC(=O)c1ccc(F)cc1Cl. The molecule has 0 aliphatic rings. The van der Waals surface area contributed by atoms with Crippen LogP contribution < -0.4 is 0 Å². The molecule has 0 amide bonds. The summed E-state index contributed by atoms with van der Waals surface area (Å²) in [6, 6.07) is 3.37. The minimum atomic E-state index is -0.652. The Balaban J connectivity index is 2.87. The van der Waals surface area contributed by atoms with E-state index in [4.69, 9.17) is 11.6 Å². The fourth-order valence-electron chi connectivity index (χ4n) is 1.01. The highest BCUT2D eigenvalue weighted by Crippen LogP contribution is 2.18. The summed E-state index contributed by atoms with van der Waals surface area (Å²) in [5.41, 5.74) is 0.114. The maximum Gasteiger partial charge on any atom is 0.313 e. The summed E-state index contributed by atoms with van der Waals surface area (Å²) < 4.78 is 17.0. The van der Waals surface area contributed by atoms with E-state index < -0.39 is 24.0 Å². The number of benzene rings is 1. The summed E-state index contributed by atoms with van der Waals surface area (Å²) in [6.07, 6.45) is -0.401. The lowest BCUT2D eigenvalue weighted by Gasteiger charge is -2.02. The van der Waals surface area contributed by atoms with E-state index >= 15 is 0 Å². The van der Waals surface area contributed by atoms with Crippen molar-refractivity contribution in [2.45, 2.75) is 6.42 Å². The number of halogens is 2. The molecule has 15 heavy (non-hydrogen) atoms. The zero-order valence-corrected chi connectivity index (χ0v) is 8.68. The van der Waals surface area contributed by atoms with Crippen LogP contribution in [0.5, 0.6) is 0 Å². The smallest absolute Gasteiger partial charge is 0.313 e. The van der Waals surface area contributed by atoms with Crippen molar-refractivity contribution in [2.24, 2.45) is 0 Å². The number of carbonyl (C=O) groups excluding carboxylic acids is 2. The first kappa shape index (κ1) is 11.7. The molecule has 0 spiro atoms. The highest BCUT2D eigenvalue weighted by atomic mass is 35.5. The number of ketones is 1. The minimum Gasteiger partial charge on any atom is -0.469 e. The third-order valence-electron chi connectivity index (χ3n) is 1.76. The molecule has 1 aromatic rings. The number of carbonyl (C=O) groups is 2. The second-order valence-corrected chi connectivity index (χ2v) is 3.21. The van der Waals surface area contributed by atoms with E-state index in [1.165, 1.54) is 13.2 Å². The molecule has 0 N–H and O–H groups in total. The summed E-state index contributed by atoms with van der Waals surface area (Å²) in [7, 11) is 1.18. The number of Topliss-reactive ketones (excluding diaryl/α,β-unsaturated/α-hetero) is 1. The summed E-state index contributed by atoms with van der Waals surface area (Å²) in [5.74, 6) is -1.68. The Hall–Kier alpha value is -1.42. The van der Waals surface area contributed by atoms with E-state index in [2.05, 4.69) is 4.74 Å². The Bertz CT molecular complexity index is 404. The summed E-state index contributed by atoms with van der Waals surface area (Å²) in [4.78, 5) is 22.3. The van der Waals surface area contributed by atoms with Crippen molar-refractivity contribution in [3.63, 3.8) is 0 Å². The van der Waals surface area contributed by atoms with Crippen LogP contribution >= 0.6 is 11.6 Å². The van der Waals surface area contributed by atoms with Crippen LogP contribution in [0.4, 0.5) is 4.39 Å². The highest BCUT2D eigenvalue weighted by Gasteiger charge is 2.15. The number of esters is 1. The molecule has 0 heterocycles. The van der Waals surface area contributed by atoms with E-state index in [1.807, 2.05) is 0 Å². The molecule has 0 radical (unpaired) electrons. The molecular weight excluding hydrogens is 223 g/mol. The largest absolute Gasteiger partial charge is 0.469 e. The summed E-state index contributed by atoms with van der Waals surface area (Å²) >= 11 is 5.64. The number of hydrogen-bond acceptors (Lipinski definition) is 3. The highest BCUT2D eigenvalue weighted by molar-refractivity contribution is 6.34. The summed E-state index contributed by atoms with van der Waals surface area (Å²) in [6.45, 7) is 0. The predicted octanol–water partition coefficient (Wildman–Crippen LogP) is 2.22. The van der Waals surface area contributed by atoms with Gasteiger partial charge in [-0.3, -0.25) is 9.59 Å². The molecule has 0 bridgehead atoms. The van der Waals surface area contributed by atoms with Crippen LogP contribution in [-0.2, 0) is 9.53 Å². The van der Waals surface area contributed by atoms with E-state index in [9.17, 15) is 14.0 Å². The first-order valence-electron chi connectivity index (χ1n) is 4.09. The molecule has 1 rings (SSSR count). The zero-order chi connectivity index (χ0) is 11.4. The fourth-order valence-corrected chi connectivity index (χ4v) is 1.29. The fraction of sp³-hybridized carbons (Fsp3) is 0.200. The van der Waals surface area contributed by atoms with Gasteiger partial charge in [-0.1, -0.05) is 11.6 Å². The molecule has 5 heteroatoms. The van der Waals surface area contributed by atoms with Crippen LogP contribution in [0.1, 0.15) is 16.8 Å². The Morgan fingerprint density at radius 2 is 2.13 bits per heavy atom. The molecule has 0 aliphatic carbocycles. The monoisotopic (exact) mass is 230 g/mol. The second-order valence-electron chi connectivity index (χ2n) is 2.80. The topological polar surface area (TPSA) is 43.4 Å². The van der Waals surface area contributed by atoms with Crippen molar-refractivity contribution in [3.05, 3.63) is 34.6 Å². The lowest BCUT2D eigenvalue weighted by Crippen LogP contribution is -2.10. The minimum absolute atomic E-state index is 0.0103. The number of methoxy groups -OCH3 is 1. The van der Waals surface area contributed by atoms with Crippen LogP contribution in [0.3, 0.4) is 0 Å². The first-order valence-corrected chi connectivity index (χ1v) is 4.47. The molecule has 0 fully saturated rings. The van der Waals surface area contributed by atoms with Crippen LogP contribution in [0.15, 0.2) is 18.2 Å². The molecule has 0 aliphatic heterocycles. The molecule has 0 saturated heterocycles. The van der Waals surface area contributed by atoms with Crippen molar-refractivity contribution < 1.29 is 18.7 Å². The zero-order valence-electron chi connectivity index (χ0n) is 7.92. The third kappa shape index (κ3) is 3.02. The van der Waals surface area contributed by atoms with Gasteiger partial charge in [0.1, 0.15) is 12.2 Å². The van der Waals surface area contributed by atoms with Gasteiger partial charge in [0.05, 0.1) is 12.1 Å². The average Bonchev–Trinajstić information content (AvgIpc) is 2.17. The quantitative estimate of drug-likeness (QED) is 0.454. The maximum atomic E-state index is 12.7. The van der Waals surface area contributed by atoms with E-state index in [0.717, 1.165) is 12.1 Å². The van der Waals surface area contributed by atoms with Gasteiger partial charge < -0.3 is 4.74 Å². The average molecular weight is 231 g/mol. The molecule has 3 nitrogen and oxygen atoms in total. The Kier molecular flexibility index (Phi) is 3.80. The van der Waals surface area contributed by atoms with Crippen molar-refractivity contribution in [1.82, 2.24) is 0 Å². The van der Waals surface area contributed by atoms with Gasteiger partial charge in [-0.25, -0.2) is 4.39 Å². The Morgan fingerprint density at radius 3 is 2.67 bits per heavy atom. The molecule has 80 valence electrons. The van der Waals surface area contributed by atoms with Crippen LogP contribution in [0.25, 0.3) is 0 Å². The van der Waals surface area contributed by atoms with Gasteiger partial charge >= 0.3 is 5.97 Å². The lowest BCUT2D eigenvalue weighted by molar-refractivity contribution is -0.139.